The quantitative estimate of drug-likeness (QED) is 0.247. The number of nitrogens with zero attached hydrogens (tertiary/aromatic N) is 10. The maximum absolute atomic E-state index is 9.80. The number of benzene rings is 3. The van der Waals surface area contributed by atoms with E-state index in [0.29, 0.717) is 54.8 Å². The minimum atomic E-state index is -0.185. The summed E-state index contributed by atoms with van der Waals surface area (Å²) in [7, 11) is 3.38. The lowest BCUT2D eigenvalue weighted by Gasteiger charge is -2.16. The SMILES string of the molecule is [C-]#[N+]C([N+]#[C-])=c1cc2c(-c3cc(C#N)cc([N+]#[C-])c3)c3c(cc(=C(C#N)C#N)n3C)c(-c3cc(C#N)cc([N+]#[C-])c3)c2n1C. The van der Waals surface area contributed by atoms with Gasteiger partial charge in [-0.05, 0) is 59.7 Å². The van der Waals surface area contributed by atoms with Crippen molar-refractivity contribution < 1.29 is 0 Å². The molecule has 0 saturated heterocycles. The fraction of sp³-hybridized carbons (Fsp3) is 0.0588. The lowest BCUT2D eigenvalue weighted by molar-refractivity contribution is 0.926. The van der Waals surface area contributed by atoms with Crippen LogP contribution in [0.25, 0.3) is 74.8 Å². The molecule has 10 heteroatoms. The summed E-state index contributed by atoms with van der Waals surface area (Å²) in [5.41, 5.74) is 3.92. The highest BCUT2D eigenvalue weighted by Gasteiger charge is 2.25. The van der Waals surface area contributed by atoms with E-state index in [-0.39, 0.29) is 33.9 Å². The molecule has 2 heterocycles. The number of aromatic nitrogens is 2. The van der Waals surface area contributed by atoms with Crippen LogP contribution < -0.4 is 10.7 Å². The molecule has 200 valence electrons. The molecule has 5 aromatic rings. The van der Waals surface area contributed by atoms with Gasteiger partial charge in [0.1, 0.15) is 30.6 Å². The van der Waals surface area contributed by atoms with E-state index in [2.05, 4.69) is 31.5 Å². The van der Waals surface area contributed by atoms with Gasteiger partial charge in [0.15, 0.2) is 16.9 Å². The summed E-state index contributed by atoms with van der Waals surface area (Å²) in [6.07, 6.45) is 0. The largest absolute Gasteiger partial charge is 0.543 e. The highest BCUT2D eigenvalue weighted by Crippen LogP contribution is 2.44. The zero-order chi connectivity index (χ0) is 31.7. The van der Waals surface area contributed by atoms with Crippen LogP contribution in [0.5, 0.6) is 0 Å². The molecule has 44 heavy (non-hydrogen) atoms. The van der Waals surface area contributed by atoms with Gasteiger partial charge >= 0.3 is 5.82 Å². The predicted molar refractivity (Wildman–Crippen MR) is 163 cm³/mol. The molecular weight excluding hydrogens is 548 g/mol. The molecule has 0 radical (unpaired) electrons. The Balaban J connectivity index is 2.24. The first-order chi connectivity index (χ1) is 21.3. The predicted octanol–water partition coefficient (Wildman–Crippen LogP) is 5.95. The van der Waals surface area contributed by atoms with Gasteiger partial charge in [-0.3, -0.25) is 0 Å². The first-order valence-corrected chi connectivity index (χ1v) is 12.6. The number of rotatable bonds is 2. The van der Waals surface area contributed by atoms with Crippen LogP contribution in [0.3, 0.4) is 0 Å². The molecule has 5 rings (SSSR count). The summed E-state index contributed by atoms with van der Waals surface area (Å²) in [6, 6.07) is 20.9. The van der Waals surface area contributed by atoms with Gasteiger partial charge in [-0.25, -0.2) is 9.69 Å². The average molecular weight is 563 g/mol. The van der Waals surface area contributed by atoms with E-state index >= 15 is 0 Å². The smallest absolute Gasteiger partial charge is 0.347 e. The number of hydrogen-bond acceptors (Lipinski definition) is 4. The van der Waals surface area contributed by atoms with Crippen molar-refractivity contribution in [1.82, 2.24) is 9.13 Å². The monoisotopic (exact) mass is 562 g/mol. The summed E-state index contributed by atoms with van der Waals surface area (Å²) < 4.78 is 3.36. The van der Waals surface area contributed by atoms with Crippen molar-refractivity contribution in [3.63, 3.8) is 0 Å². The second-order valence-corrected chi connectivity index (χ2v) is 9.58. The van der Waals surface area contributed by atoms with Crippen molar-refractivity contribution in [2.75, 3.05) is 0 Å². The maximum Gasteiger partial charge on any atom is 0.543 e. The maximum atomic E-state index is 9.80. The number of aryl methyl sites for hydroxylation is 2. The van der Waals surface area contributed by atoms with Crippen LogP contribution >= 0.6 is 0 Å². The van der Waals surface area contributed by atoms with Crippen molar-refractivity contribution in [2.24, 2.45) is 14.1 Å². The van der Waals surface area contributed by atoms with Gasteiger partial charge in [0.25, 0.3) is 0 Å². The summed E-state index contributed by atoms with van der Waals surface area (Å²) in [6.45, 7) is 30.5. The van der Waals surface area contributed by atoms with E-state index in [4.69, 9.17) is 26.3 Å². The Morgan fingerprint density at radius 2 is 1.05 bits per heavy atom. The van der Waals surface area contributed by atoms with Crippen LogP contribution in [0.15, 0.2) is 48.5 Å². The Bertz CT molecular complexity index is 2330. The Morgan fingerprint density at radius 3 is 1.43 bits per heavy atom. The second kappa shape index (κ2) is 10.8. The fourth-order valence-electron chi connectivity index (χ4n) is 5.53. The van der Waals surface area contributed by atoms with Crippen LogP contribution in [-0.4, -0.2) is 9.13 Å². The lowest BCUT2D eigenvalue weighted by Crippen LogP contribution is -2.14. The second-order valence-electron chi connectivity index (χ2n) is 9.58. The Hall–Kier alpha value is -7.60. The molecule has 0 aliphatic heterocycles. The van der Waals surface area contributed by atoms with Gasteiger partial charge in [-0.15, -0.1) is 0 Å². The highest BCUT2D eigenvalue weighted by atomic mass is 15.0. The third kappa shape index (κ3) is 4.13. The fourth-order valence-corrected chi connectivity index (χ4v) is 5.53. The molecule has 2 aromatic heterocycles. The van der Waals surface area contributed by atoms with E-state index in [9.17, 15) is 21.0 Å². The number of nitriles is 4. The third-order valence-corrected chi connectivity index (χ3v) is 7.33. The first-order valence-electron chi connectivity index (χ1n) is 12.6. The average Bonchev–Trinajstić information content (AvgIpc) is 3.57. The van der Waals surface area contributed by atoms with E-state index in [1.165, 1.54) is 12.1 Å². The van der Waals surface area contributed by atoms with E-state index < -0.39 is 0 Å². The van der Waals surface area contributed by atoms with Crippen molar-refractivity contribution in [1.29, 1.82) is 21.0 Å². The molecule has 0 aliphatic carbocycles. The number of hydrogen-bond donors (Lipinski definition) is 0. The van der Waals surface area contributed by atoms with Crippen molar-refractivity contribution in [2.45, 2.75) is 0 Å². The van der Waals surface area contributed by atoms with Crippen molar-refractivity contribution in [3.05, 3.63) is 116 Å². The van der Waals surface area contributed by atoms with Crippen molar-refractivity contribution >= 4 is 44.6 Å². The topological polar surface area (TPSA) is 122 Å². The zero-order valence-corrected chi connectivity index (χ0v) is 23.1. The minimum Gasteiger partial charge on any atom is -0.347 e. The molecule has 0 amide bonds. The molecule has 0 atom stereocenters. The van der Waals surface area contributed by atoms with Gasteiger partial charge in [0, 0.05) is 47.1 Å². The molecular formula is C34H14N10. The number of fused-ring (bicyclic) bond motifs is 2. The summed E-state index contributed by atoms with van der Waals surface area (Å²) in [5.74, 6) is -0.185. The molecule has 0 aliphatic rings. The lowest BCUT2D eigenvalue weighted by atomic mass is 9.90. The van der Waals surface area contributed by atoms with Gasteiger partial charge in [-0.2, -0.15) is 30.7 Å². The zero-order valence-electron chi connectivity index (χ0n) is 23.1. The molecule has 0 fully saturated rings. The molecule has 0 N–H and O–H groups in total. The Morgan fingerprint density at radius 1 is 0.614 bits per heavy atom. The van der Waals surface area contributed by atoms with Gasteiger partial charge in [0.05, 0.1) is 41.7 Å². The molecule has 0 saturated carbocycles. The van der Waals surface area contributed by atoms with Gasteiger partial charge in [-0.1, -0.05) is 0 Å². The Labute approximate surface area is 251 Å². The van der Waals surface area contributed by atoms with Gasteiger partial charge in [0.2, 0.25) is 0 Å². The molecule has 10 nitrogen and oxygen atoms in total. The Kier molecular flexibility index (Phi) is 6.83. The van der Waals surface area contributed by atoms with Crippen LogP contribution in [0.1, 0.15) is 11.1 Å². The summed E-state index contributed by atoms with van der Waals surface area (Å²) in [4.78, 5) is 13.9. The highest BCUT2D eigenvalue weighted by molar-refractivity contribution is 6.20. The van der Waals surface area contributed by atoms with E-state index in [1.807, 2.05) is 12.1 Å². The van der Waals surface area contributed by atoms with Crippen LogP contribution in [0, 0.1) is 71.6 Å². The van der Waals surface area contributed by atoms with Crippen molar-refractivity contribution in [3.8, 4) is 46.5 Å². The van der Waals surface area contributed by atoms with Crippen LogP contribution in [0.4, 0.5) is 11.4 Å². The van der Waals surface area contributed by atoms with E-state index in [1.54, 1.807) is 59.6 Å². The third-order valence-electron chi connectivity index (χ3n) is 7.33. The van der Waals surface area contributed by atoms with Gasteiger partial charge < -0.3 is 9.13 Å². The minimum absolute atomic E-state index is 0.151. The molecule has 3 aromatic carbocycles. The van der Waals surface area contributed by atoms with Crippen LogP contribution in [0.2, 0.25) is 0 Å². The summed E-state index contributed by atoms with van der Waals surface area (Å²) in [5, 5.41) is 40.8. The molecule has 0 bridgehead atoms. The normalized spacial score (nSPS) is 9.86. The standard InChI is InChI=1S/C34H14N10/c1-39-24-9-19(15-35)7-21(11-24)30-26-13-28(23(17-37)18-38)43(5)32(26)31(22-8-20(16-36)10-25(12-22)40-2)27-14-29(34(41-3)42-4)44(6)33(27)30/h7-14H,5-6H3. The van der Waals surface area contributed by atoms with Crippen LogP contribution in [-0.2, 0) is 14.1 Å². The first kappa shape index (κ1) is 27.9. The van der Waals surface area contributed by atoms with E-state index in [0.717, 1.165) is 0 Å². The molecule has 0 unspecified atom stereocenters. The molecule has 0 spiro atoms. The summed E-state index contributed by atoms with van der Waals surface area (Å²) >= 11 is 0.